The van der Waals surface area contributed by atoms with Crippen molar-refractivity contribution in [1.82, 2.24) is 4.98 Å². The molecule has 0 fully saturated rings. The van der Waals surface area contributed by atoms with Crippen LogP contribution >= 0.6 is 0 Å². The molecule has 8 heteroatoms. The van der Waals surface area contributed by atoms with E-state index in [2.05, 4.69) is 10.1 Å². The molecule has 1 heterocycles. The number of carbonyl (C=O) groups is 1. The summed E-state index contributed by atoms with van der Waals surface area (Å²) in [6.45, 7) is 2.67. The second-order valence-electron chi connectivity index (χ2n) is 4.09. The van der Waals surface area contributed by atoms with Crippen LogP contribution in [0.2, 0.25) is 0 Å². The molecule has 1 aromatic rings. The summed E-state index contributed by atoms with van der Waals surface area (Å²) >= 11 is 0. The molecule has 0 bridgehead atoms. The van der Waals surface area contributed by atoms with E-state index >= 15 is 0 Å². The third kappa shape index (κ3) is 3.00. The van der Waals surface area contributed by atoms with Crippen molar-refractivity contribution in [2.45, 2.75) is 19.4 Å². The highest BCUT2D eigenvalue weighted by Gasteiger charge is 2.30. The highest BCUT2D eigenvalue weighted by Crippen LogP contribution is 2.11. The van der Waals surface area contributed by atoms with Gasteiger partial charge in [-0.1, -0.05) is 5.16 Å². The number of nitrogens with one attached hydrogen (secondary N) is 2. The van der Waals surface area contributed by atoms with Crippen LogP contribution in [0.15, 0.2) is 17.3 Å². The monoisotopic (exact) mass is 253 g/mol. The number of nitrogen functional groups attached to an aromatic ring is 1. The number of carboxylic acid groups (broad SMARTS) is 1. The Labute approximate surface area is 103 Å². The minimum atomic E-state index is -1.52. The molecule has 1 aromatic heterocycles. The highest BCUT2D eigenvalue weighted by molar-refractivity contribution is 6.45. The van der Waals surface area contributed by atoms with Gasteiger partial charge in [0.25, 0.3) is 0 Å². The molecular formula is C10H15N5O3. The minimum Gasteiger partial charge on any atom is -0.478 e. The second kappa shape index (κ2) is 4.78. The number of nitrogens with two attached hydrogens (primary N) is 2. The Balaban J connectivity index is 3.01. The average Bonchev–Trinajstić information content (AvgIpc) is 2.64. The molecule has 0 unspecified atom stereocenters. The van der Waals surface area contributed by atoms with Crippen LogP contribution in [0.4, 0.5) is 5.82 Å². The Morgan fingerprint density at radius 3 is 2.56 bits per heavy atom. The molecule has 0 aliphatic carbocycles. The fraction of sp³-hybridized carbons (Fsp3) is 0.300. The summed E-state index contributed by atoms with van der Waals surface area (Å²) < 4.78 is 0. The second-order valence-corrected chi connectivity index (χ2v) is 4.09. The fourth-order valence-corrected chi connectivity index (χ4v) is 0.992. The molecule has 0 aliphatic heterocycles. The van der Waals surface area contributed by atoms with Gasteiger partial charge in [-0.3, -0.25) is 5.41 Å². The number of H-pyrrole nitrogens is 1. The SMILES string of the molecule is CC(C)(ON=C(C(=N)N)c1ccc(N)[nH]1)C(=O)O. The molecular weight excluding hydrogens is 238 g/mol. The zero-order valence-corrected chi connectivity index (χ0v) is 10.0. The lowest BCUT2D eigenvalue weighted by Crippen LogP contribution is -2.34. The molecule has 98 valence electrons. The van der Waals surface area contributed by atoms with Crippen molar-refractivity contribution in [1.29, 1.82) is 5.41 Å². The zero-order valence-electron chi connectivity index (χ0n) is 10.0. The van der Waals surface area contributed by atoms with E-state index in [0.717, 1.165) is 0 Å². The maximum absolute atomic E-state index is 10.8. The summed E-state index contributed by atoms with van der Waals surface area (Å²) in [6, 6.07) is 3.13. The lowest BCUT2D eigenvalue weighted by molar-refractivity contribution is -0.161. The van der Waals surface area contributed by atoms with Gasteiger partial charge in [0.15, 0.2) is 5.71 Å². The van der Waals surface area contributed by atoms with Gasteiger partial charge in [-0.25, -0.2) is 4.79 Å². The van der Waals surface area contributed by atoms with Gasteiger partial charge in [0.2, 0.25) is 5.60 Å². The van der Waals surface area contributed by atoms with Gasteiger partial charge < -0.3 is 26.4 Å². The van der Waals surface area contributed by atoms with Gasteiger partial charge in [0.1, 0.15) is 11.7 Å². The summed E-state index contributed by atoms with van der Waals surface area (Å²) in [5.74, 6) is -1.17. The Morgan fingerprint density at radius 1 is 1.56 bits per heavy atom. The van der Waals surface area contributed by atoms with E-state index in [-0.39, 0.29) is 11.5 Å². The van der Waals surface area contributed by atoms with Crippen molar-refractivity contribution in [3.8, 4) is 0 Å². The van der Waals surface area contributed by atoms with Crippen LogP contribution in [0.3, 0.4) is 0 Å². The Hall–Kier alpha value is -2.51. The van der Waals surface area contributed by atoms with Crippen molar-refractivity contribution in [3.05, 3.63) is 17.8 Å². The molecule has 0 aliphatic rings. The number of amidine groups is 1. The first-order chi connectivity index (χ1) is 8.24. The van der Waals surface area contributed by atoms with Crippen molar-refractivity contribution in [2.24, 2.45) is 10.9 Å². The molecule has 0 saturated carbocycles. The molecule has 0 atom stereocenters. The molecule has 0 saturated heterocycles. The zero-order chi connectivity index (χ0) is 13.9. The van der Waals surface area contributed by atoms with Gasteiger partial charge in [-0.15, -0.1) is 0 Å². The van der Waals surface area contributed by atoms with Crippen molar-refractivity contribution in [3.63, 3.8) is 0 Å². The Kier molecular flexibility index (Phi) is 3.60. The van der Waals surface area contributed by atoms with E-state index in [9.17, 15) is 4.79 Å². The number of oxime groups is 1. The van der Waals surface area contributed by atoms with Gasteiger partial charge in [-0.2, -0.15) is 0 Å². The van der Waals surface area contributed by atoms with E-state index in [1.807, 2.05) is 0 Å². The maximum atomic E-state index is 10.8. The van der Waals surface area contributed by atoms with E-state index < -0.39 is 11.6 Å². The number of aromatic nitrogens is 1. The number of hydrogen-bond donors (Lipinski definition) is 5. The smallest absolute Gasteiger partial charge is 0.350 e. The molecule has 0 spiro atoms. The van der Waals surface area contributed by atoms with Crippen LogP contribution in [-0.2, 0) is 9.63 Å². The number of aliphatic carboxylic acids is 1. The molecule has 1 rings (SSSR count). The molecule has 8 nitrogen and oxygen atoms in total. The summed E-state index contributed by atoms with van der Waals surface area (Å²) in [5.41, 5.74) is 9.69. The van der Waals surface area contributed by atoms with Gasteiger partial charge in [0, 0.05) is 0 Å². The summed E-state index contributed by atoms with van der Waals surface area (Å²) in [6.07, 6.45) is 0. The Bertz CT molecular complexity index is 503. The average molecular weight is 253 g/mol. The van der Waals surface area contributed by atoms with Crippen LogP contribution in [0, 0.1) is 5.41 Å². The molecule has 0 amide bonds. The van der Waals surface area contributed by atoms with Gasteiger partial charge in [0.05, 0.1) is 5.69 Å². The van der Waals surface area contributed by atoms with Crippen LogP contribution in [0.1, 0.15) is 19.5 Å². The van der Waals surface area contributed by atoms with Gasteiger partial charge in [-0.05, 0) is 26.0 Å². The lowest BCUT2D eigenvalue weighted by atomic mass is 10.1. The van der Waals surface area contributed by atoms with Crippen LogP contribution in [0.25, 0.3) is 0 Å². The van der Waals surface area contributed by atoms with Crippen LogP contribution in [-0.4, -0.2) is 33.2 Å². The molecule has 18 heavy (non-hydrogen) atoms. The number of nitrogens with zero attached hydrogens (tertiary/aromatic N) is 1. The van der Waals surface area contributed by atoms with Crippen molar-refractivity contribution in [2.75, 3.05) is 5.73 Å². The van der Waals surface area contributed by atoms with E-state index in [0.29, 0.717) is 11.5 Å². The van der Waals surface area contributed by atoms with Crippen LogP contribution < -0.4 is 11.5 Å². The van der Waals surface area contributed by atoms with E-state index in [4.69, 9.17) is 26.8 Å². The predicted octanol–water partition coefficient (Wildman–Crippen LogP) is 0.117. The quantitative estimate of drug-likeness (QED) is 0.287. The minimum absolute atomic E-state index is 0.0129. The summed E-state index contributed by atoms with van der Waals surface area (Å²) in [5, 5.41) is 19.8. The van der Waals surface area contributed by atoms with E-state index in [1.54, 1.807) is 12.1 Å². The number of rotatable bonds is 5. The predicted molar refractivity (Wildman–Crippen MR) is 66.5 cm³/mol. The van der Waals surface area contributed by atoms with Gasteiger partial charge >= 0.3 is 5.97 Å². The number of hydrogen-bond acceptors (Lipinski definition) is 5. The Morgan fingerprint density at radius 2 is 2.17 bits per heavy atom. The van der Waals surface area contributed by atoms with E-state index in [1.165, 1.54) is 13.8 Å². The fourth-order valence-electron chi connectivity index (χ4n) is 0.992. The molecule has 7 N–H and O–H groups in total. The first kappa shape index (κ1) is 13.6. The molecule has 0 radical (unpaired) electrons. The first-order valence-corrected chi connectivity index (χ1v) is 5.03. The normalized spacial score (nSPS) is 12.2. The number of carboxylic acids is 1. The number of anilines is 1. The standard InChI is InChI=1S/C10H15N5O3/c1-10(2,9(16)17)18-15-7(8(12)13)5-3-4-6(11)14-5/h3-4,14H,11H2,1-2H3,(H3,12,13)(H,16,17). The maximum Gasteiger partial charge on any atom is 0.350 e. The lowest BCUT2D eigenvalue weighted by Gasteiger charge is -2.17. The summed E-state index contributed by atoms with van der Waals surface area (Å²) in [4.78, 5) is 18.4. The molecule has 0 aromatic carbocycles. The number of aromatic amines is 1. The largest absolute Gasteiger partial charge is 0.478 e. The highest BCUT2D eigenvalue weighted by atomic mass is 16.7. The van der Waals surface area contributed by atoms with Crippen LogP contribution in [0.5, 0.6) is 0 Å². The summed E-state index contributed by atoms with van der Waals surface area (Å²) in [7, 11) is 0. The third-order valence-electron chi connectivity index (χ3n) is 2.10. The van der Waals surface area contributed by atoms with Crippen molar-refractivity contribution >= 4 is 23.3 Å². The first-order valence-electron chi connectivity index (χ1n) is 5.03. The van der Waals surface area contributed by atoms with Crippen molar-refractivity contribution < 1.29 is 14.7 Å². The topological polar surface area (TPSA) is 151 Å². The third-order valence-corrected chi connectivity index (χ3v) is 2.10.